The van der Waals surface area contributed by atoms with Crippen LogP contribution in [-0.4, -0.2) is 23.5 Å². The Kier molecular flexibility index (Phi) is 8.58. The second-order valence-electron chi connectivity index (χ2n) is 11.9. The lowest BCUT2D eigenvalue weighted by Gasteiger charge is -2.35. The maximum absolute atomic E-state index is 13.9. The summed E-state index contributed by atoms with van der Waals surface area (Å²) < 4.78 is 0. The molecule has 0 fully saturated rings. The number of carbonyl (C=O) groups excluding carboxylic acids is 1. The smallest absolute Gasteiger partial charge is 0.149 e. The van der Waals surface area contributed by atoms with Crippen molar-refractivity contribution in [2.45, 2.75) is 97.9 Å². The van der Waals surface area contributed by atoms with Gasteiger partial charge in [0.2, 0.25) is 0 Å². The highest BCUT2D eigenvalue weighted by Crippen LogP contribution is 2.51. The summed E-state index contributed by atoms with van der Waals surface area (Å²) in [5.74, 6) is 1.39. The molecule has 0 aromatic carbocycles. The Morgan fingerprint density at radius 1 is 1.14 bits per heavy atom. The molecule has 192 valence electrons. The molecule has 3 nitrogen and oxygen atoms in total. The number of hydrogen-bond donors (Lipinski definition) is 2. The van der Waals surface area contributed by atoms with Gasteiger partial charge in [-0.15, -0.1) is 0 Å². The van der Waals surface area contributed by atoms with E-state index < -0.39 is 0 Å². The Morgan fingerprint density at radius 3 is 2.51 bits per heavy atom. The van der Waals surface area contributed by atoms with Crippen molar-refractivity contribution in [2.24, 2.45) is 29.1 Å². The molecule has 0 saturated heterocycles. The first-order chi connectivity index (χ1) is 16.9. The van der Waals surface area contributed by atoms with Gasteiger partial charge in [0.15, 0.2) is 0 Å². The quantitative estimate of drug-likeness (QED) is 0.327. The molecule has 0 aromatic heterocycles. The van der Waals surface area contributed by atoms with Gasteiger partial charge in [-0.05, 0) is 81.8 Å². The van der Waals surface area contributed by atoms with Crippen LogP contribution in [-0.2, 0) is 4.79 Å². The molecular formula is C32H47NO2. The average Bonchev–Trinajstić information content (AvgIpc) is 3.46. The number of aliphatic hydroxyl groups excluding tert-OH is 1. The second kappa shape index (κ2) is 11.5. The third-order valence-corrected chi connectivity index (χ3v) is 8.91. The molecule has 35 heavy (non-hydrogen) atoms. The van der Waals surface area contributed by atoms with Gasteiger partial charge in [-0.1, -0.05) is 69.2 Å². The molecule has 1 aliphatic heterocycles. The molecule has 0 aromatic rings. The van der Waals surface area contributed by atoms with Gasteiger partial charge < -0.3 is 10.4 Å². The minimum absolute atomic E-state index is 0.0113. The van der Waals surface area contributed by atoms with Crippen LogP contribution in [0.1, 0.15) is 91.9 Å². The first-order valence-corrected chi connectivity index (χ1v) is 14.2. The van der Waals surface area contributed by atoms with Crippen LogP contribution in [0.15, 0.2) is 58.9 Å². The van der Waals surface area contributed by atoms with E-state index in [-0.39, 0.29) is 29.9 Å². The summed E-state index contributed by atoms with van der Waals surface area (Å²) in [6, 6.07) is 0.257. The summed E-state index contributed by atoms with van der Waals surface area (Å²) in [5.41, 5.74) is 5.32. The van der Waals surface area contributed by atoms with Crippen LogP contribution in [0.5, 0.6) is 0 Å². The van der Waals surface area contributed by atoms with Gasteiger partial charge in [-0.25, -0.2) is 0 Å². The highest BCUT2D eigenvalue weighted by atomic mass is 16.3. The average molecular weight is 478 g/mol. The van der Waals surface area contributed by atoms with Gasteiger partial charge in [0, 0.05) is 35.6 Å². The number of aliphatic hydroxyl groups is 1. The second-order valence-corrected chi connectivity index (χ2v) is 11.9. The molecule has 4 aliphatic rings. The number of ketones is 1. The molecule has 3 heteroatoms. The molecule has 3 aliphatic carbocycles. The predicted molar refractivity (Wildman–Crippen MR) is 146 cm³/mol. The number of hydrogen-bond acceptors (Lipinski definition) is 3. The van der Waals surface area contributed by atoms with Gasteiger partial charge >= 0.3 is 0 Å². The van der Waals surface area contributed by atoms with Crippen molar-refractivity contribution >= 4 is 5.78 Å². The van der Waals surface area contributed by atoms with Gasteiger partial charge in [0.05, 0.1) is 5.92 Å². The van der Waals surface area contributed by atoms with E-state index in [1.54, 1.807) is 0 Å². The van der Waals surface area contributed by atoms with E-state index in [1.807, 2.05) is 0 Å². The number of nitrogens with one attached hydrogen (secondary N) is 1. The molecule has 4 rings (SSSR count). The SMILES string of the molecule is CC=C1C2=C(NC(CC3(CO)CC=CC3)C2CC2=CCCC=C2)C(CCC(C)C)C(=O)C1CCC. The van der Waals surface area contributed by atoms with Crippen LogP contribution >= 0.6 is 0 Å². The summed E-state index contributed by atoms with van der Waals surface area (Å²) in [7, 11) is 0. The molecule has 0 amide bonds. The van der Waals surface area contributed by atoms with Crippen molar-refractivity contribution < 1.29 is 9.90 Å². The first kappa shape index (κ1) is 26.2. The highest BCUT2D eigenvalue weighted by Gasteiger charge is 2.49. The fourth-order valence-corrected chi connectivity index (χ4v) is 6.98. The molecule has 0 bridgehead atoms. The monoisotopic (exact) mass is 477 g/mol. The van der Waals surface area contributed by atoms with Gasteiger partial charge in [0.1, 0.15) is 5.78 Å². The van der Waals surface area contributed by atoms with E-state index in [0.717, 1.165) is 64.2 Å². The van der Waals surface area contributed by atoms with Crippen molar-refractivity contribution in [2.75, 3.05) is 6.61 Å². The standard InChI is InChI=1S/C32H47NO2/c1-5-12-25-24(6-2)29-27(19-23-13-8-7-9-14-23)28(20-32(21-34)17-10-11-18-32)33-30(29)26(31(25)35)16-15-22(3)4/h6,8,10-11,13-14,22,25-28,33-34H,5,7,9,12,15-21H2,1-4H3. The van der Waals surface area contributed by atoms with Crippen LogP contribution in [0.25, 0.3) is 0 Å². The van der Waals surface area contributed by atoms with Crippen LogP contribution in [0.4, 0.5) is 0 Å². The van der Waals surface area contributed by atoms with E-state index in [1.165, 1.54) is 22.4 Å². The number of rotatable bonds is 10. The lowest BCUT2D eigenvalue weighted by Crippen LogP contribution is -2.39. The Bertz CT molecular complexity index is 923. The summed E-state index contributed by atoms with van der Waals surface area (Å²) >= 11 is 0. The normalized spacial score (nSPS) is 30.9. The lowest BCUT2D eigenvalue weighted by atomic mass is 9.67. The maximum atomic E-state index is 13.9. The van der Waals surface area contributed by atoms with Crippen molar-refractivity contribution in [1.29, 1.82) is 0 Å². The number of carbonyl (C=O) groups is 1. The highest BCUT2D eigenvalue weighted by molar-refractivity contribution is 5.92. The minimum Gasteiger partial charge on any atom is -0.396 e. The fourth-order valence-electron chi connectivity index (χ4n) is 6.98. The van der Waals surface area contributed by atoms with Crippen LogP contribution < -0.4 is 5.32 Å². The number of allylic oxidation sites excluding steroid dienone is 9. The van der Waals surface area contributed by atoms with Crippen molar-refractivity contribution in [3.63, 3.8) is 0 Å². The van der Waals surface area contributed by atoms with Gasteiger partial charge in [-0.3, -0.25) is 4.79 Å². The molecule has 2 N–H and O–H groups in total. The summed E-state index contributed by atoms with van der Waals surface area (Å²) in [5, 5.41) is 14.4. The van der Waals surface area contributed by atoms with Crippen molar-refractivity contribution in [3.05, 3.63) is 58.9 Å². The third-order valence-electron chi connectivity index (χ3n) is 8.91. The van der Waals surface area contributed by atoms with Crippen LogP contribution in [0, 0.1) is 29.1 Å². The molecule has 0 saturated carbocycles. The third kappa shape index (κ3) is 5.45. The maximum Gasteiger partial charge on any atom is 0.149 e. The summed E-state index contributed by atoms with van der Waals surface area (Å²) in [4.78, 5) is 13.9. The van der Waals surface area contributed by atoms with E-state index in [4.69, 9.17) is 0 Å². The van der Waals surface area contributed by atoms with E-state index >= 15 is 0 Å². The molecule has 4 atom stereocenters. The minimum atomic E-state index is -0.0718. The van der Waals surface area contributed by atoms with Crippen molar-refractivity contribution in [1.82, 2.24) is 5.32 Å². The topological polar surface area (TPSA) is 49.3 Å². The van der Waals surface area contributed by atoms with E-state index in [2.05, 4.69) is 69.5 Å². The Balaban J connectivity index is 1.74. The van der Waals surface area contributed by atoms with Crippen LogP contribution in [0.3, 0.4) is 0 Å². The summed E-state index contributed by atoms with van der Waals surface area (Å²) in [6.45, 7) is 9.08. The van der Waals surface area contributed by atoms with Gasteiger partial charge in [0.25, 0.3) is 0 Å². The van der Waals surface area contributed by atoms with E-state index in [0.29, 0.717) is 17.6 Å². The Morgan fingerprint density at radius 2 is 1.91 bits per heavy atom. The number of Topliss-reactive ketones (excluding diaryl/α,β-unsaturated/α-hetero) is 1. The first-order valence-electron chi connectivity index (χ1n) is 14.2. The molecular weight excluding hydrogens is 430 g/mol. The molecule has 0 radical (unpaired) electrons. The predicted octanol–water partition coefficient (Wildman–Crippen LogP) is 7.21. The zero-order chi connectivity index (χ0) is 25.0. The molecule has 1 heterocycles. The van der Waals surface area contributed by atoms with Gasteiger partial charge in [-0.2, -0.15) is 0 Å². The molecule has 0 spiro atoms. The zero-order valence-electron chi connectivity index (χ0n) is 22.5. The largest absolute Gasteiger partial charge is 0.396 e. The van der Waals surface area contributed by atoms with Crippen LogP contribution in [0.2, 0.25) is 0 Å². The Labute approximate surface area is 213 Å². The Hall–Kier alpha value is -1.87. The fraction of sp³-hybridized carbons (Fsp3) is 0.656. The van der Waals surface area contributed by atoms with Crippen molar-refractivity contribution in [3.8, 4) is 0 Å². The lowest BCUT2D eigenvalue weighted by molar-refractivity contribution is -0.125. The zero-order valence-corrected chi connectivity index (χ0v) is 22.5. The molecule has 4 unspecified atom stereocenters. The van der Waals surface area contributed by atoms with E-state index in [9.17, 15) is 9.90 Å². The summed E-state index contributed by atoms with van der Waals surface area (Å²) in [6.07, 6.45) is 23.9.